The second kappa shape index (κ2) is 4.94. The summed E-state index contributed by atoms with van der Waals surface area (Å²) >= 11 is 0. The largest absolute Gasteiger partial charge is 0.481 e. The molecule has 0 radical (unpaired) electrons. The van der Waals surface area contributed by atoms with Crippen LogP contribution in [0.15, 0.2) is 12.4 Å². The highest BCUT2D eigenvalue weighted by Crippen LogP contribution is 2.28. The Kier molecular flexibility index (Phi) is 3.35. The summed E-state index contributed by atoms with van der Waals surface area (Å²) in [5.41, 5.74) is -0.193. The van der Waals surface area contributed by atoms with Crippen molar-refractivity contribution in [3.63, 3.8) is 0 Å². The molecule has 1 aromatic rings. The average Bonchev–Trinajstić information content (AvgIpc) is 2.78. The van der Waals surface area contributed by atoms with Crippen LogP contribution in [0.5, 0.6) is 0 Å². The molecule has 0 aromatic carbocycles. The maximum Gasteiger partial charge on any atom is 0.308 e. The molecular weight excluding hydrogens is 240 g/mol. The average molecular weight is 252 g/mol. The Morgan fingerprint density at radius 1 is 1.44 bits per heavy atom. The first-order valence-corrected chi connectivity index (χ1v) is 5.53. The van der Waals surface area contributed by atoms with Crippen molar-refractivity contribution in [1.82, 2.24) is 9.97 Å². The predicted molar refractivity (Wildman–Crippen MR) is 61.1 cm³/mol. The number of nitro groups is 1. The van der Waals surface area contributed by atoms with Gasteiger partial charge in [-0.25, -0.2) is 9.97 Å². The number of carboxylic acids is 1. The number of hydrogen-bond acceptors (Lipinski definition) is 6. The summed E-state index contributed by atoms with van der Waals surface area (Å²) in [7, 11) is 0. The van der Waals surface area contributed by atoms with Gasteiger partial charge in [-0.3, -0.25) is 14.9 Å². The van der Waals surface area contributed by atoms with E-state index in [9.17, 15) is 14.9 Å². The van der Waals surface area contributed by atoms with E-state index < -0.39 is 16.8 Å². The third-order valence-corrected chi connectivity index (χ3v) is 3.00. The Bertz CT molecular complexity index is 461. The van der Waals surface area contributed by atoms with Gasteiger partial charge >= 0.3 is 11.7 Å². The van der Waals surface area contributed by atoms with Gasteiger partial charge in [0.05, 0.1) is 10.8 Å². The molecule has 96 valence electrons. The van der Waals surface area contributed by atoms with Crippen LogP contribution in [0.3, 0.4) is 0 Å². The highest BCUT2D eigenvalue weighted by molar-refractivity contribution is 5.72. The quantitative estimate of drug-likeness (QED) is 0.607. The van der Waals surface area contributed by atoms with E-state index in [1.54, 1.807) is 0 Å². The first-order chi connectivity index (χ1) is 8.58. The van der Waals surface area contributed by atoms with Crippen LogP contribution < -0.4 is 5.32 Å². The Balaban J connectivity index is 2.05. The second-order valence-corrected chi connectivity index (χ2v) is 4.15. The van der Waals surface area contributed by atoms with Crippen LogP contribution in [0.2, 0.25) is 0 Å². The van der Waals surface area contributed by atoms with E-state index in [1.807, 2.05) is 0 Å². The molecule has 2 rings (SSSR count). The Hall–Kier alpha value is -2.25. The lowest BCUT2D eigenvalue weighted by atomic mass is 10.0. The number of carbonyl (C=O) groups is 1. The second-order valence-electron chi connectivity index (χ2n) is 4.15. The number of anilines is 1. The number of aromatic nitrogens is 2. The fourth-order valence-corrected chi connectivity index (χ4v) is 2.08. The van der Waals surface area contributed by atoms with Gasteiger partial charge in [-0.2, -0.15) is 0 Å². The van der Waals surface area contributed by atoms with E-state index in [0.29, 0.717) is 6.42 Å². The molecule has 0 spiro atoms. The van der Waals surface area contributed by atoms with Crippen molar-refractivity contribution in [3.8, 4) is 0 Å². The lowest BCUT2D eigenvalue weighted by molar-refractivity contribution is -0.385. The van der Waals surface area contributed by atoms with Gasteiger partial charge < -0.3 is 10.4 Å². The summed E-state index contributed by atoms with van der Waals surface area (Å²) in [5.74, 6) is -1.07. The number of nitrogens with one attached hydrogen (secondary N) is 1. The van der Waals surface area contributed by atoms with E-state index in [0.717, 1.165) is 25.2 Å². The topological polar surface area (TPSA) is 118 Å². The first kappa shape index (κ1) is 12.2. The summed E-state index contributed by atoms with van der Waals surface area (Å²) < 4.78 is 0. The molecule has 1 fully saturated rings. The van der Waals surface area contributed by atoms with Crippen LogP contribution in [0.1, 0.15) is 19.3 Å². The molecule has 0 amide bonds. The minimum absolute atomic E-state index is 0.193. The van der Waals surface area contributed by atoms with Crippen molar-refractivity contribution >= 4 is 17.6 Å². The van der Waals surface area contributed by atoms with Crippen molar-refractivity contribution in [1.29, 1.82) is 0 Å². The molecule has 18 heavy (non-hydrogen) atoms. The van der Waals surface area contributed by atoms with Crippen LogP contribution in [-0.4, -0.2) is 32.0 Å². The zero-order valence-corrected chi connectivity index (χ0v) is 9.44. The lowest BCUT2D eigenvalue weighted by Gasteiger charge is -2.16. The van der Waals surface area contributed by atoms with Gasteiger partial charge in [0.2, 0.25) is 5.95 Å². The molecule has 1 saturated carbocycles. The van der Waals surface area contributed by atoms with Crippen LogP contribution in [0.25, 0.3) is 0 Å². The fourth-order valence-electron chi connectivity index (χ4n) is 2.08. The summed E-state index contributed by atoms with van der Waals surface area (Å²) in [6.45, 7) is 0. The van der Waals surface area contributed by atoms with Crippen LogP contribution in [-0.2, 0) is 4.79 Å². The van der Waals surface area contributed by atoms with Crippen molar-refractivity contribution in [2.45, 2.75) is 25.3 Å². The Morgan fingerprint density at radius 2 is 2.11 bits per heavy atom. The van der Waals surface area contributed by atoms with Crippen molar-refractivity contribution in [3.05, 3.63) is 22.5 Å². The molecule has 1 aliphatic carbocycles. The molecule has 0 bridgehead atoms. The molecule has 8 heteroatoms. The third-order valence-electron chi connectivity index (χ3n) is 3.00. The summed E-state index contributed by atoms with van der Waals surface area (Å²) in [6, 6.07) is -0.219. The van der Waals surface area contributed by atoms with Crippen molar-refractivity contribution in [2.75, 3.05) is 5.32 Å². The first-order valence-electron chi connectivity index (χ1n) is 5.53. The standard InChI is InChI=1S/C10H12N4O4/c15-9(16)7-2-1-3-8(7)13-10-11-4-6(5-12-10)14(17)18/h4-5,7-8H,1-3H2,(H,15,16)(H,11,12,13). The summed E-state index contributed by atoms with van der Waals surface area (Å²) in [5, 5.41) is 22.3. The number of carboxylic acid groups (broad SMARTS) is 1. The van der Waals surface area contributed by atoms with Crippen LogP contribution >= 0.6 is 0 Å². The summed E-state index contributed by atoms with van der Waals surface area (Å²) in [4.78, 5) is 28.4. The van der Waals surface area contributed by atoms with Crippen LogP contribution in [0.4, 0.5) is 11.6 Å². The van der Waals surface area contributed by atoms with Gasteiger partial charge in [-0.15, -0.1) is 0 Å². The smallest absolute Gasteiger partial charge is 0.308 e. The minimum atomic E-state index is -0.841. The number of aliphatic carboxylic acids is 1. The van der Waals surface area contributed by atoms with Gasteiger partial charge in [-0.1, -0.05) is 6.42 Å². The highest BCUT2D eigenvalue weighted by atomic mass is 16.6. The van der Waals surface area contributed by atoms with Gasteiger partial charge in [0.1, 0.15) is 12.4 Å². The Morgan fingerprint density at radius 3 is 2.67 bits per heavy atom. The molecular formula is C10H12N4O4. The number of nitrogens with zero attached hydrogens (tertiary/aromatic N) is 3. The van der Waals surface area contributed by atoms with Crippen molar-refractivity contribution in [2.24, 2.45) is 5.92 Å². The van der Waals surface area contributed by atoms with Gasteiger partial charge in [-0.05, 0) is 12.8 Å². The normalized spacial score (nSPS) is 22.7. The van der Waals surface area contributed by atoms with E-state index in [1.165, 1.54) is 0 Å². The zero-order chi connectivity index (χ0) is 13.1. The Labute approximate surface area is 102 Å². The molecule has 1 aromatic heterocycles. The monoisotopic (exact) mass is 252 g/mol. The number of rotatable bonds is 4. The van der Waals surface area contributed by atoms with E-state index >= 15 is 0 Å². The predicted octanol–water partition coefficient (Wildman–Crippen LogP) is 1.05. The van der Waals surface area contributed by atoms with Crippen LogP contribution in [0, 0.1) is 16.0 Å². The van der Waals surface area contributed by atoms with Gasteiger partial charge in [0.25, 0.3) is 0 Å². The van der Waals surface area contributed by atoms with E-state index in [4.69, 9.17) is 5.11 Å². The summed E-state index contributed by atoms with van der Waals surface area (Å²) in [6.07, 6.45) is 4.39. The number of hydrogen-bond donors (Lipinski definition) is 2. The van der Waals surface area contributed by atoms with E-state index in [-0.39, 0.29) is 17.7 Å². The molecule has 1 aliphatic rings. The molecule has 0 aliphatic heterocycles. The molecule has 1 heterocycles. The molecule has 2 atom stereocenters. The lowest BCUT2D eigenvalue weighted by Crippen LogP contribution is -2.30. The minimum Gasteiger partial charge on any atom is -0.481 e. The van der Waals surface area contributed by atoms with Gasteiger partial charge in [0, 0.05) is 6.04 Å². The zero-order valence-electron chi connectivity index (χ0n) is 9.44. The molecule has 2 unspecified atom stereocenters. The maximum atomic E-state index is 11.0. The third kappa shape index (κ3) is 2.53. The van der Waals surface area contributed by atoms with Crippen molar-refractivity contribution < 1.29 is 14.8 Å². The molecule has 8 nitrogen and oxygen atoms in total. The SMILES string of the molecule is O=C(O)C1CCCC1Nc1ncc([N+](=O)[O-])cn1. The molecule has 0 saturated heterocycles. The fraction of sp³-hybridized carbons (Fsp3) is 0.500. The highest BCUT2D eigenvalue weighted by Gasteiger charge is 2.33. The maximum absolute atomic E-state index is 11.0. The van der Waals surface area contributed by atoms with Gasteiger partial charge in [0.15, 0.2) is 0 Å². The molecule has 2 N–H and O–H groups in total. The van der Waals surface area contributed by atoms with E-state index in [2.05, 4.69) is 15.3 Å².